The fourth-order valence-electron chi connectivity index (χ4n) is 0.806. The Morgan fingerprint density at radius 3 is 2.77 bits per heavy atom. The Hall–Kier alpha value is -1.84. The van der Waals surface area contributed by atoms with Gasteiger partial charge in [0, 0.05) is 6.20 Å². The molecule has 0 radical (unpaired) electrons. The van der Waals surface area contributed by atoms with Crippen LogP contribution in [0, 0.1) is 5.95 Å². The molecule has 0 unspecified atom stereocenters. The molecule has 0 bridgehead atoms. The van der Waals surface area contributed by atoms with E-state index < -0.39 is 5.95 Å². The summed E-state index contributed by atoms with van der Waals surface area (Å²) in [6.45, 7) is 0. The van der Waals surface area contributed by atoms with Crippen LogP contribution in [0.2, 0.25) is 0 Å². The summed E-state index contributed by atoms with van der Waals surface area (Å²) < 4.78 is 12.7. The highest BCUT2D eigenvalue weighted by atomic mass is 19.1. The fourth-order valence-corrected chi connectivity index (χ4v) is 0.806. The van der Waals surface area contributed by atoms with Crippen molar-refractivity contribution in [3.8, 4) is 0 Å². The predicted octanol–water partition coefficient (Wildman–Crippen LogP) is 1.25. The van der Waals surface area contributed by atoms with E-state index in [1.54, 1.807) is 0 Å². The molecular formula is C9H6FNO2. The van der Waals surface area contributed by atoms with Crippen LogP contribution in [0.4, 0.5) is 4.39 Å². The third-order valence-electron chi connectivity index (χ3n) is 1.38. The van der Waals surface area contributed by atoms with Gasteiger partial charge >= 0.3 is 0 Å². The number of carbonyl (C=O) groups excluding carboxylic acids is 2. The van der Waals surface area contributed by atoms with E-state index in [0.717, 1.165) is 0 Å². The van der Waals surface area contributed by atoms with E-state index in [1.807, 2.05) is 0 Å². The maximum absolute atomic E-state index is 12.7. The topological polar surface area (TPSA) is 47.0 Å². The number of allylic oxidation sites excluding steroid dienone is 1. The number of aromatic nitrogens is 1. The summed E-state index contributed by atoms with van der Waals surface area (Å²) in [5.41, 5.74) is 0.392. The second-order valence-corrected chi connectivity index (χ2v) is 2.26. The molecule has 0 atom stereocenters. The molecule has 0 spiro atoms. The minimum atomic E-state index is -0.807. The Labute approximate surface area is 73.9 Å². The molecule has 0 N–H and O–H groups in total. The average molecular weight is 179 g/mol. The van der Waals surface area contributed by atoms with Crippen molar-refractivity contribution in [2.75, 3.05) is 0 Å². The van der Waals surface area contributed by atoms with Gasteiger partial charge in [-0.15, -0.1) is 0 Å². The van der Waals surface area contributed by atoms with Gasteiger partial charge in [0.15, 0.2) is 6.29 Å². The molecule has 0 saturated carbocycles. The summed E-state index contributed by atoms with van der Waals surface area (Å²) >= 11 is 0. The second kappa shape index (κ2) is 4.25. The van der Waals surface area contributed by atoms with E-state index in [4.69, 9.17) is 0 Å². The van der Waals surface area contributed by atoms with Crippen LogP contribution in [0.25, 0.3) is 6.08 Å². The SMILES string of the molecule is O=CC=Cc1cnc(F)c(C=O)c1. The van der Waals surface area contributed by atoms with Gasteiger partial charge in [-0.1, -0.05) is 6.08 Å². The standard InChI is InChI=1S/C9H6FNO2/c10-9-8(6-13)4-7(5-11-9)2-1-3-12/h1-6H. The summed E-state index contributed by atoms with van der Waals surface area (Å²) in [4.78, 5) is 23.6. The summed E-state index contributed by atoms with van der Waals surface area (Å²) in [6, 6.07) is 1.31. The molecule has 0 aliphatic heterocycles. The fraction of sp³-hybridized carbons (Fsp3) is 0. The minimum absolute atomic E-state index is 0.118. The molecule has 0 saturated heterocycles. The van der Waals surface area contributed by atoms with Crippen LogP contribution in [-0.2, 0) is 4.79 Å². The second-order valence-electron chi connectivity index (χ2n) is 2.26. The molecular weight excluding hydrogens is 173 g/mol. The van der Waals surface area contributed by atoms with E-state index in [0.29, 0.717) is 18.1 Å². The Bertz CT molecular complexity index is 361. The monoisotopic (exact) mass is 179 g/mol. The van der Waals surface area contributed by atoms with Crippen molar-refractivity contribution < 1.29 is 14.0 Å². The quantitative estimate of drug-likeness (QED) is 0.398. The maximum Gasteiger partial charge on any atom is 0.223 e. The van der Waals surface area contributed by atoms with Gasteiger partial charge in [-0.05, 0) is 17.7 Å². The van der Waals surface area contributed by atoms with E-state index in [-0.39, 0.29) is 5.56 Å². The zero-order valence-corrected chi connectivity index (χ0v) is 6.61. The third kappa shape index (κ3) is 2.30. The number of carbonyl (C=O) groups is 2. The lowest BCUT2D eigenvalue weighted by Crippen LogP contribution is -1.92. The molecule has 3 nitrogen and oxygen atoms in total. The zero-order valence-electron chi connectivity index (χ0n) is 6.61. The van der Waals surface area contributed by atoms with Crippen LogP contribution >= 0.6 is 0 Å². The smallest absolute Gasteiger partial charge is 0.223 e. The van der Waals surface area contributed by atoms with Crippen molar-refractivity contribution in [1.29, 1.82) is 0 Å². The van der Waals surface area contributed by atoms with Gasteiger partial charge < -0.3 is 0 Å². The van der Waals surface area contributed by atoms with E-state index in [1.165, 1.54) is 24.4 Å². The van der Waals surface area contributed by atoms with Gasteiger partial charge in [0.05, 0.1) is 5.56 Å². The number of hydrogen-bond donors (Lipinski definition) is 0. The minimum Gasteiger partial charge on any atom is -0.299 e. The normalized spacial score (nSPS) is 10.2. The van der Waals surface area contributed by atoms with Gasteiger partial charge in [-0.2, -0.15) is 4.39 Å². The molecule has 13 heavy (non-hydrogen) atoms. The highest BCUT2D eigenvalue weighted by Gasteiger charge is 2.01. The van der Waals surface area contributed by atoms with Gasteiger partial charge in [-0.3, -0.25) is 9.59 Å². The first kappa shape index (κ1) is 9.25. The molecule has 1 aromatic rings. The van der Waals surface area contributed by atoms with Crippen LogP contribution in [0.15, 0.2) is 18.3 Å². The molecule has 1 rings (SSSR count). The van der Waals surface area contributed by atoms with Crippen LogP contribution in [0.5, 0.6) is 0 Å². The summed E-state index contributed by atoms with van der Waals surface area (Å²) in [7, 11) is 0. The number of halogens is 1. The first-order chi connectivity index (χ1) is 6.27. The van der Waals surface area contributed by atoms with Crippen molar-refractivity contribution in [2.45, 2.75) is 0 Å². The Morgan fingerprint density at radius 1 is 1.38 bits per heavy atom. The Morgan fingerprint density at radius 2 is 2.15 bits per heavy atom. The van der Waals surface area contributed by atoms with Crippen LogP contribution in [-0.4, -0.2) is 17.6 Å². The number of hydrogen-bond acceptors (Lipinski definition) is 3. The third-order valence-corrected chi connectivity index (χ3v) is 1.38. The van der Waals surface area contributed by atoms with Crippen molar-refractivity contribution in [3.05, 3.63) is 35.4 Å². The lowest BCUT2D eigenvalue weighted by atomic mass is 10.2. The molecule has 0 aliphatic carbocycles. The van der Waals surface area contributed by atoms with Crippen molar-refractivity contribution in [3.63, 3.8) is 0 Å². The van der Waals surface area contributed by atoms with Crippen LogP contribution in [0.1, 0.15) is 15.9 Å². The highest BCUT2D eigenvalue weighted by molar-refractivity contribution is 5.78. The summed E-state index contributed by atoms with van der Waals surface area (Å²) in [5.74, 6) is -0.807. The van der Waals surface area contributed by atoms with Crippen LogP contribution in [0.3, 0.4) is 0 Å². The number of rotatable bonds is 3. The van der Waals surface area contributed by atoms with Gasteiger partial charge in [-0.25, -0.2) is 4.98 Å². The molecule has 1 heterocycles. The molecule has 1 aromatic heterocycles. The maximum atomic E-state index is 12.7. The molecule has 0 amide bonds. The molecule has 0 aliphatic rings. The van der Waals surface area contributed by atoms with Gasteiger partial charge in [0.1, 0.15) is 6.29 Å². The number of aldehydes is 2. The van der Waals surface area contributed by atoms with E-state index >= 15 is 0 Å². The van der Waals surface area contributed by atoms with Gasteiger partial charge in [0.25, 0.3) is 0 Å². The Kier molecular flexibility index (Phi) is 3.03. The first-order valence-corrected chi connectivity index (χ1v) is 3.50. The van der Waals surface area contributed by atoms with Gasteiger partial charge in [0.2, 0.25) is 5.95 Å². The lowest BCUT2D eigenvalue weighted by Gasteiger charge is -1.94. The Balaban J connectivity index is 3.05. The van der Waals surface area contributed by atoms with E-state index in [2.05, 4.69) is 4.98 Å². The zero-order chi connectivity index (χ0) is 9.68. The summed E-state index contributed by atoms with van der Waals surface area (Å²) in [5, 5.41) is 0. The van der Waals surface area contributed by atoms with Crippen molar-refractivity contribution in [1.82, 2.24) is 4.98 Å². The number of nitrogens with zero attached hydrogens (tertiary/aromatic N) is 1. The predicted molar refractivity (Wildman–Crippen MR) is 44.7 cm³/mol. The first-order valence-electron chi connectivity index (χ1n) is 3.50. The largest absolute Gasteiger partial charge is 0.299 e. The number of pyridine rings is 1. The van der Waals surface area contributed by atoms with Crippen LogP contribution < -0.4 is 0 Å². The summed E-state index contributed by atoms with van der Waals surface area (Å²) in [6.07, 6.45) is 4.88. The van der Waals surface area contributed by atoms with Crippen molar-refractivity contribution in [2.24, 2.45) is 0 Å². The highest BCUT2D eigenvalue weighted by Crippen LogP contribution is 2.06. The molecule has 0 aromatic carbocycles. The average Bonchev–Trinajstić information content (AvgIpc) is 2.16. The lowest BCUT2D eigenvalue weighted by molar-refractivity contribution is -0.104. The molecule has 66 valence electrons. The van der Waals surface area contributed by atoms with Crippen molar-refractivity contribution >= 4 is 18.6 Å². The van der Waals surface area contributed by atoms with E-state index in [9.17, 15) is 14.0 Å². The molecule has 0 fully saturated rings. The molecule has 4 heteroatoms.